The van der Waals surface area contributed by atoms with Crippen LogP contribution in [-0.4, -0.2) is 40.0 Å². The van der Waals surface area contributed by atoms with Gasteiger partial charge >= 0.3 is 6.18 Å². The average Bonchev–Trinajstić information content (AvgIpc) is 3.25. The SMILES string of the molecule is CCC1C(=O)NC(C)(C2CC2)C(=O)N1C1(C(F)(F)F)CC1. The van der Waals surface area contributed by atoms with Gasteiger partial charge in [0, 0.05) is 0 Å². The van der Waals surface area contributed by atoms with Crippen molar-refractivity contribution in [1.29, 1.82) is 0 Å². The third-order valence-corrected chi connectivity index (χ3v) is 5.15. The lowest BCUT2D eigenvalue weighted by Crippen LogP contribution is -2.74. The quantitative estimate of drug-likeness (QED) is 0.867. The second-order valence-corrected chi connectivity index (χ2v) is 6.59. The lowest BCUT2D eigenvalue weighted by molar-refractivity contribution is -0.212. The van der Waals surface area contributed by atoms with E-state index in [2.05, 4.69) is 5.32 Å². The first kappa shape index (κ1) is 14.7. The Morgan fingerprint density at radius 3 is 2.24 bits per heavy atom. The molecule has 7 heteroatoms. The summed E-state index contributed by atoms with van der Waals surface area (Å²) in [5.74, 6) is -1.06. The molecule has 0 aromatic heterocycles. The zero-order valence-corrected chi connectivity index (χ0v) is 12.1. The first-order valence-corrected chi connectivity index (χ1v) is 7.40. The van der Waals surface area contributed by atoms with Gasteiger partial charge in [0.15, 0.2) is 0 Å². The van der Waals surface area contributed by atoms with Crippen molar-refractivity contribution in [3.8, 4) is 0 Å². The van der Waals surface area contributed by atoms with Crippen LogP contribution in [0.5, 0.6) is 0 Å². The Morgan fingerprint density at radius 2 is 1.86 bits per heavy atom. The number of nitrogens with one attached hydrogen (secondary N) is 1. The molecule has 118 valence electrons. The van der Waals surface area contributed by atoms with Crippen molar-refractivity contribution in [3.05, 3.63) is 0 Å². The molecule has 0 spiro atoms. The number of hydrogen-bond acceptors (Lipinski definition) is 2. The normalized spacial score (nSPS) is 35.7. The van der Waals surface area contributed by atoms with Gasteiger partial charge in [-0.05, 0) is 44.9 Å². The van der Waals surface area contributed by atoms with Crippen molar-refractivity contribution < 1.29 is 22.8 Å². The second-order valence-electron chi connectivity index (χ2n) is 6.59. The molecule has 21 heavy (non-hydrogen) atoms. The molecule has 1 aliphatic heterocycles. The van der Waals surface area contributed by atoms with Crippen molar-refractivity contribution in [3.63, 3.8) is 0 Å². The fourth-order valence-electron chi connectivity index (χ4n) is 3.48. The number of alkyl halides is 3. The number of carbonyl (C=O) groups excluding carboxylic acids is 2. The summed E-state index contributed by atoms with van der Waals surface area (Å²) in [4.78, 5) is 25.9. The Balaban J connectivity index is 2.02. The largest absolute Gasteiger partial charge is 0.411 e. The van der Waals surface area contributed by atoms with Crippen LogP contribution in [0.2, 0.25) is 0 Å². The van der Waals surface area contributed by atoms with E-state index in [-0.39, 0.29) is 25.2 Å². The Bertz CT molecular complexity index is 497. The average molecular weight is 304 g/mol. The molecule has 3 rings (SSSR count). The second kappa shape index (κ2) is 4.14. The molecule has 2 unspecified atom stereocenters. The predicted molar refractivity (Wildman–Crippen MR) is 68.2 cm³/mol. The lowest BCUT2D eigenvalue weighted by Gasteiger charge is -2.48. The van der Waals surface area contributed by atoms with E-state index in [9.17, 15) is 22.8 Å². The van der Waals surface area contributed by atoms with Crippen LogP contribution in [0.15, 0.2) is 0 Å². The number of halogens is 3. The van der Waals surface area contributed by atoms with Crippen LogP contribution in [0.4, 0.5) is 13.2 Å². The van der Waals surface area contributed by atoms with Crippen LogP contribution in [0, 0.1) is 5.92 Å². The van der Waals surface area contributed by atoms with Gasteiger partial charge in [-0.15, -0.1) is 0 Å². The van der Waals surface area contributed by atoms with Gasteiger partial charge < -0.3 is 10.2 Å². The Morgan fingerprint density at radius 1 is 1.29 bits per heavy atom. The molecule has 3 fully saturated rings. The fraction of sp³-hybridized carbons (Fsp3) is 0.857. The molecule has 2 aliphatic carbocycles. The van der Waals surface area contributed by atoms with Gasteiger partial charge in [-0.2, -0.15) is 13.2 Å². The molecular weight excluding hydrogens is 285 g/mol. The van der Waals surface area contributed by atoms with Crippen LogP contribution in [0.3, 0.4) is 0 Å². The standard InChI is InChI=1S/C14H19F3N2O2/c1-3-9-10(20)18-12(2,8-4-5-8)11(21)19(9)13(6-7-13)14(15,16)17/h8-9H,3-7H2,1-2H3,(H,18,20). The van der Waals surface area contributed by atoms with Gasteiger partial charge in [0.2, 0.25) is 11.8 Å². The molecule has 1 saturated heterocycles. The van der Waals surface area contributed by atoms with Crippen LogP contribution in [0.25, 0.3) is 0 Å². The van der Waals surface area contributed by atoms with Gasteiger partial charge in [-0.3, -0.25) is 9.59 Å². The van der Waals surface area contributed by atoms with E-state index >= 15 is 0 Å². The summed E-state index contributed by atoms with van der Waals surface area (Å²) in [7, 11) is 0. The van der Waals surface area contributed by atoms with E-state index < -0.39 is 35.1 Å². The number of hydrogen-bond donors (Lipinski definition) is 1. The summed E-state index contributed by atoms with van der Waals surface area (Å²) >= 11 is 0. The molecule has 1 N–H and O–H groups in total. The van der Waals surface area contributed by atoms with Gasteiger partial charge in [-0.1, -0.05) is 6.92 Å². The van der Waals surface area contributed by atoms with Crippen LogP contribution in [0.1, 0.15) is 46.0 Å². The van der Waals surface area contributed by atoms with Gasteiger partial charge in [-0.25, -0.2) is 0 Å². The summed E-state index contributed by atoms with van der Waals surface area (Å²) in [6.07, 6.45) is -2.97. The predicted octanol–water partition coefficient (Wildman–Crippen LogP) is 1.99. The molecule has 1 heterocycles. The van der Waals surface area contributed by atoms with E-state index in [0.717, 1.165) is 17.7 Å². The first-order valence-electron chi connectivity index (χ1n) is 7.40. The highest BCUT2D eigenvalue weighted by Gasteiger charge is 2.72. The van der Waals surface area contributed by atoms with Crippen LogP contribution < -0.4 is 5.32 Å². The fourth-order valence-corrected chi connectivity index (χ4v) is 3.48. The number of carbonyl (C=O) groups is 2. The molecule has 2 amide bonds. The third kappa shape index (κ3) is 1.89. The molecular formula is C14H19F3N2O2. The summed E-state index contributed by atoms with van der Waals surface area (Å²) in [5, 5.41) is 2.69. The van der Waals surface area contributed by atoms with Crippen molar-refractivity contribution in [1.82, 2.24) is 10.2 Å². The van der Waals surface area contributed by atoms with E-state index in [1.165, 1.54) is 0 Å². The molecule has 0 bridgehead atoms. The topological polar surface area (TPSA) is 49.4 Å². The van der Waals surface area contributed by atoms with Crippen molar-refractivity contribution in [2.24, 2.45) is 5.92 Å². The number of piperazine rings is 1. The monoisotopic (exact) mass is 304 g/mol. The first-order chi connectivity index (χ1) is 9.67. The Hall–Kier alpha value is -1.27. The maximum Gasteiger partial charge on any atom is 0.411 e. The highest BCUT2D eigenvalue weighted by Crippen LogP contribution is 2.56. The third-order valence-electron chi connectivity index (χ3n) is 5.15. The van der Waals surface area contributed by atoms with Crippen LogP contribution in [-0.2, 0) is 9.59 Å². The zero-order chi connectivity index (χ0) is 15.6. The number of amides is 2. The number of rotatable bonds is 3. The molecule has 3 aliphatic rings. The highest BCUT2D eigenvalue weighted by atomic mass is 19.4. The minimum absolute atomic E-state index is 0.0433. The molecule has 4 nitrogen and oxygen atoms in total. The summed E-state index contributed by atoms with van der Waals surface area (Å²) < 4.78 is 40.3. The Labute approximate surface area is 121 Å². The highest BCUT2D eigenvalue weighted by molar-refractivity contribution is 6.00. The van der Waals surface area contributed by atoms with E-state index in [1.807, 2.05) is 0 Å². The van der Waals surface area contributed by atoms with Gasteiger partial charge in [0.05, 0.1) is 0 Å². The van der Waals surface area contributed by atoms with Crippen molar-refractivity contribution in [2.75, 3.05) is 0 Å². The van der Waals surface area contributed by atoms with Crippen LogP contribution >= 0.6 is 0 Å². The molecule has 0 aromatic rings. The molecule has 2 saturated carbocycles. The minimum Gasteiger partial charge on any atom is -0.340 e. The maximum atomic E-state index is 13.4. The van der Waals surface area contributed by atoms with Crippen molar-refractivity contribution >= 4 is 11.8 Å². The summed E-state index contributed by atoms with van der Waals surface area (Å²) in [5.41, 5.74) is -3.30. The van der Waals surface area contributed by atoms with Gasteiger partial charge in [0.1, 0.15) is 17.1 Å². The lowest BCUT2D eigenvalue weighted by atomic mass is 9.87. The summed E-state index contributed by atoms with van der Waals surface area (Å²) in [6, 6.07) is -1.02. The molecule has 0 radical (unpaired) electrons. The van der Waals surface area contributed by atoms with E-state index in [0.29, 0.717) is 0 Å². The van der Waals surface area contributed by atoms with Gasteiger partial charge in [0.25, 0.3) is 0 Å². The smallest absolute Gasteiger partial charge is 0.340 e. The molecule has 0 aromatic carbocycles. The number of nitrogens with zero attached hydrogens (tertiary/aromatic N) is 1. The maximum absolute atomic E-state index is 13.4. The minimum atomic E-state index is -4.49. The van der Waals surface area contributed by atoms with E-state index in [4.69, 9.17) is 0 Å². The summed E-state index contributed by atoms with van der Waals surface area (Å²) in [6.45, 7) is 3.20. The molecule has 2 atom stereocenters. The van der Waals surface area contributed by atoms with E-state index in [1.54, 1.807) is 13.8 Å². The zero-order valence-electron chi connectivity index (χ0n) is 12.1. The Kier molecular flexibility index (Phi) is 2.89. The van der Waals surface area contributed by atoms with Crippen molar-refractivity contribution in [2.45, 2.75) is 69.2 Å².